The van der Waals surface area contributed by atoms with Gasteiger partial charge in [0.05, 0.1) is 5.69 Å². The molecule has 1 heterocycles. The normalized spacial score (nSPS) is 14.0. The number of fused-ring (bicyclic) bond motifs is 1. The Labute approximate surface area is 128 Å². The van der Waals surface area contributed by atoms with Gasteiger partial charge in [-0.1, -0.05) is 23.2 Å². The number of aryl methyl sites for hydroxylation is 1. The van der Waals surface area contributed by atoms with Crippen molar-refractivity contribution >= 4 is 29.0 Å². The van der Waals surface area contributed by atoms with Crippen molar-refractivity contribution in [2.24, 2.45) is 0 Å². The average Bonchev–Trinajstić information content (AvgIpc) is 2.48. The molecule has 0 aromatic heterocycles. The van der Waals surface area contributed by atoms with Crippen LogP contribution in [-0.2, 0) is 0 Å². The summed E-state index contributed by atoms with van der Waals surface area (Å²) in [5.41, 5.74) is 2.91. The first-order valence-corrected chi connectivity index (χ1v) is 7.15. The number of rotatable bonds is 1. The summed E-state index contributed by atoms with van der Waals surface area (Å²) in [5.74, 6) is -0.0156. The van der Waals surface area contributed by atoms with Crippen LogP contribution in [0.4, 0.5) is 5.69 Å². The molecule has 0 radical (unpaired) electrons. The molecule has 0 spiro atoms. The smallest absolute Gasteiger partial charge is 0.258 e. The molecule has 0 saturated heterocycles. The van der Waals surface area contributed by atoms with E-state index in [1.807, 2.05) is 25.1 Å². The highest BCUT2D eigenvalue weighted by molar-refractivity contribution is 6.30. The molecule has 0 atom stereocenters. The molecule has 21 heavy (non-hydrogen) atoms. The molecule has 0 unspecified atom stereocenters. The summed E-state index contributed by atoms with van der Waals surface area (Å²) >= 11 is 5.85. The molecule has 0 bridgehead atoms. The Balaban J connectivity index is 2.01. The van der Waals surface area contributed by atoms with Crippen molar-refractivity contribution < 1.29 is 9.59 Å². The van der Waals surface area contributed by atoms with Gasteiger partial charge in [0.25, 0.3) is 5.91 Å². The number of nitrogens with zero attached hydrogens (tertiary/aromatic N) is 1. The fourth-order valence-corrected chi connectivity index (χ4v) is 2.66. The topological polar surface area (TPSA) is 37.4 Å². The zero-order chi connectivity index (χ0) is 15.0. The summed E-state index contributed by atoms with van der Waals surface area (Å²) in [6.45, 7) is 2.35. The van der Waals surface area contributed by atoms with E-state index in [0.717, 1.165) is 5.56 Å². The summed E-state index contributed by atoms with van der Waals surface area (Å²) in [4.78, 5) is 26.3. The van der Waals surface area contributed by atoms with Gasteiger partial charge in [-0.3, -0.25) is 9.59 Å². The third-order valence-electron chi connectivity index (χ3n) is 3.64. The van der Waals surface area contributed by atoms with Gasteiger partial charge in [0.2, 0.25) is 0 Å². The number of Topliss-reactive ketones (excluding diaryl/α,β-unsaturated/α-hetero) is 1. The van der Waals surface area contributed by atoms with Gasteiger partial charge in [0.1, 0.15) is 0 Å². The minimum absolute atomic E-state index is 0.0915. The lowest BCUT2D eigenvalue weighted by Gasteiger charge is -2.29. The Bertz CT molecular complexity index is 722. The Kier molecular flexibility index (Phi) is 3.52. The number of carbonyl (C=O) groups is 2. The van der Waals surface area contributed by atoms with E-state index in [-0.39, 0.29) is 11.7 Å². The highest BCUT2D eigenvalue weighted by atomic mass is 35.5. The third kappa shape index (κ3) is 2.57. The van der Waals surface area contributed by atoms with Crippen molar-refractivity contribution in [3.63, 3.8) is 0 Å². The molecule has 2 aromatic rings. The SMILES string of the molecule is Cc1ccc2c(c1)C(=O)CCN2C(=O)c1ccc(Cl)cc1. The molecule has 0 fully saturated rings. The molecule has 0 N–H and O–H groups in total. The second-order valence-electron chi connectivity index (χ2n) is 5.16. The van der Waals surface area contributed by atoms with Crippen LogP contribution in [0.1, 0.15) is 32.7 Å². The fraction of sp³-hybridized carbons (Fsp3) is 0.176. The van der Waals surface area contributed by atoms with Gasteiger partial charge >= 0.3 is 0 Å². The number of anilines is 1. The van der Waals surface area contributed by atoms with Crippen LogP contribution in [0.2, 0.25) is 5.02 Å². The van der Waals surface area contributed by atoms with Gasteiger partial charge < -0.3 is 4.90 Å². The van der Waals surface area contributed by atoms with Crippen molar-refractivity contribution in [3.05, 3.63) is 64.2 Å². The molecule has 3 nitrogen and oxygen atoms in total. The van der Waals surface area contributed by atoms with Crippen LogP contribution in [-0.4, -0.2) is 18.2 Å². The summed E-state index contributed by atoms with van der Waals surface area (Å²) in [5, 5.41) is 0.594. The second kappa shape index (κ2) is 5.34. The van der Waals surface area contributed by atoms with Crippen molar-refractivity contribution in [2.75, 3.05) is 11.4 Å². The third-order valence-corrected chi connectivity index (χ3v) is 3.89. The van der Waals surface area contributed by atoms with Crippen LogP contribution < -0.4 is 4.90 Å². The van der Waals surface area contributed by atoms with E-state index >= 15 is 0 Å². The van der Waals surface area contributed by atoms with E-state index in [1.165, 1.54) is 0 Å². The first-order valence-electron chi connectivity index (χ1n) is 6.77. The van der Waals surface area contributed by atoms with E-state index < -0.39 is 0 Å². The lowest BCUT2D eigenvalue weighted by atomic mass is 9.97. The predicted octanol–water partition coefficient (Wildman–Crippen LogP) is 3.88. The van der Waals surface area contributed by atoms with E-state index in [4.69, 9.17) is 11.6 Å². The fourth-order valence-electron chi connectivity index (χ4n) is 2.54. The van der Waals surface area contributed by atoms with Gasteiger partial charge in [0.15, 0.2) is 5.78 Å². The molecular formula is C17H14ClNO2. The van der Waals surface area contributed by atoms with Crippen LogP contribution in [0.5, 0.6) is 0 Å². The van der Waals surface area contributed by atoms with Crippen LogP contribution in [0.3, 0.4) is 0 Å². The first-order chi connectivity index (χ1) is 10.1. The zero-order valence-corrected chi connectivity index (χ0v) is 12.4. The van der Waals surface area contributed by atoms with Crippen molar-refractivity contribution in [1.29, 1.82) is 0 Å². The molecular weight excluding hydrogens is 286 g/mol. The van der Waals surface area contributed by atoms with Crippen LogP contribution >= 0.6 is 11.6 Å². The number of carbonyl (C=O) groups excluding carboxylic acids is 2. The number of ketones is 1. The molecule has 0 aliphatic carbocycles. The molecule has 2 aromatic carbocycles. The van der Waals surface area contributed by atoms with Crippen molar-refractivity contribution in [1.82, 2.24) is 0 Å². The van der Waals surface area contributed by atoms with E-state index in [9.17, 15) is 9.59 Å². The van der Waals surface area contributed by atoms with Gasteiger partial charge in [-0.05, 0) is 43.3 Å². The van der Waals surface area contributed by atoms with Gasteiger partial charge in [0, 0.05) is 29.1 Å². The monoisotopic (exact) mass is 299 g/mol. The molecule has 1 aliphatic heterocycles. The quantitative estimate of drug-likeness (QED) is 0.801. The largest absolute Gasteiger partial charge is 0.307 e. The number of halogens is 1. The second-order valence-corrected chi connectivity index (χ2v) is 5.59. The standard InChI is InChI=1S/C17H14ClNO2/c1-11-2-7-15-14(10-11)16(20)8-9-19(15)17(21)12-3-5-13(18)6-4-12/h2-7,10H,8-9H2,1H3. The molecule has 0 saturated carbocycles. The maximum Gasteiger partial charge on any atom is 0.258 e. The number of benzene rings is 2. The maximum atomic E-state index is 12.6. The number of amides is 1. The van der Waals surface area contributed by atoms with Crippen molar-refractivity contribution in [2.45, 2.75) is 13.3 Å². The molecule has 4 heteroatoms. The van der Waals surface area contributed by atoms with Crippen LogP contribution in [0.15, 0.2) is 42.5 Å². The maximum absolute atomic E-state index is 12.6. The molecule has 3 rings (SSSR count). The molecule has 1 amide bonds. The minimum atomic E-state index is -0.107. The van der Waals surface area contributed by atoms with E-state index in [1.54, 1.807) is 29.2 Å². The molecule has 1 aliphatic rings. The van der Waals surface area contributed by atoms with E-state index in [2.05, 4.69) is 0 Å². The Morgan fingerprint density at radius 3 is 2.57 bits per heavy atom. The summed E-state index contributed by atoms with van der Waals surface area (Å²) in [6, 6.07) is 12.4. The Morgan fingerprint density at radius 1 is 1.14 bits per heavy atom. The Hall–Kier alpha value is -2.13. The summed E-state index contributed by atoms with van der Waals surface area (Å²) in [6.07, 6.45) is 0.357. The predicted molar refractivity (Wildman–Crippen MR) is 83.3 cm³/mol. The number of hydrogen-bond donors (Lipinski definition) is 0. The zero-order valence-electron chi connectivity index (χ0n) is 11.6. The van der Waals surface area contributed by atoms with Crippen LogP contribution in [0, 0.1) is 6.92 Å². The summed E-state index contributed by atoms with van der Waals surface area (Å²) < 4.78 is 0. The minimum Gasteiger partial charge on any atom is -0.307 e. The highest BCUT2D eigenvalue weighted by Gasteiger charge is 2.27. The van der Waals surface area contributed by atoms with Gasteiger partial charge in [-0.2, -0.15) is 0 Å². The first kappa shape index (κ1) is 13.8. The van der Waals surface area contributed by atoms with Crippen LogP contribution in [0.25, 0.3) is 0 Å². The lowest BCUT2D eigenvalue weighted by Crippen LogP contribution is -2.37. The lowest BCUT2D eigenvalue weighted by molar-refractivity contribution is 0.0955. The van der Waals surface area contributed by atoms with E-state index in [0.29, 0.717) is 34.8 Å². The average molecular weight is 300 g/mol. The number of hydrogen-bond acceptors (Lipinski definition) is 2. The Morgan fingerprint density at radius 2 is 1.86 bits per heavy atom. The summed E-state index contributed by atoms with van der Waals surface area (Å²) in [7, 11) is 0. The highest BCUT2D eigenvalue weighted by Crippen LogP contribution is 2.29. The van der Waals surface area contributed by atoms with Gasteiger partial charge in [-0.15, -0.1) is 0 Å². The van der Waals surface area contributed by atoms with Crippen molar-refractivity contribution in [3.8, 4) is 0 Å². The van der Waals surface area contributed by atoms with Gasteiger partial charge in [-0.25, -0.2) is 0 Å². The molecule has 106 valence electrons.